The summed E-state index contributed by atoms with van der Waals surface area (Å²) in [5.41, 5.74) is 0. The number of hydrogen-bond donors (Lipinski definition) is 1. The molecule has 1 rings (SSSR count). The van der Waals surface area contributed by atoms with Gasteiger partial charge in [-0.1, -0.05) is 0 Å². The van der Waals surface area contributed by atoms with E-state index >= 15 is 0 Å². The first-order valence-corrected chi connectivity index (χ1v) is 4.38. The quantitative estimate of drug-likeness (QED) is 0.549. The van der Waals surface area contributed by atoms with Gasteiger partial charge in [0.1, 0.15) is 6.29 Å². The standard InChI is InChI=1S/C8H17N3O/c1-10(6-7-12)8-11-4-2-9-3-5-11/h7,9H,2-6,8H2,1H3. The van der Waals surface area contributed by atoms with Gasteiger partial charge < -0.3 is 10.1 Å². The van der Waals surface area contributed by atoms with Crippen molar-refractivity contribution < 1.29 is 4.79 Å². The summed E-state index contributed by atoms with van der Waals surface area (Å²) in [6, 6.07) is 0. The average molecular weight is 171 g/mol. The van der Waals surface area contributed by atoms with Crippen molar-refractivity contribution in [2.75, 3.05) is 46.4 Å². The summed E-state index contributed by atoms with van der Waals surface area (Å²) in [6.07, 6.45) is 0.947. The van der Waals surface area contributed by atoms with Gasteiger partial charge in [-0.3, -0.25) is 9.80 Å². The Hall–Kier alpha value is -0.450. The van der Waals surface area contributed by atoms with Crippen molar-refractivity contribution in [3.8, 4) is 0 Å². The number of hydrogen-bond acceptors (Lipinski definition) is 4. The Balaban J connectivity index is 2.15. The third-order valence-electron chi connectivity index (χ3n) is 2.04. The molecule has 0 aromatic rings. The van der Waals surface area contributed by atoms with Crippen LogP contribution in [0.3, 0.4) is 0 Å². The van der Waals surface area contributed by atoms with Crippen molar-refractivity contribution in [2.24, 2.45) is 0 Å². The lowest BCUT2D eigenvalue weighted by atomic mass is 10.4. The van der Waals surface area contributed by atoms with Crippen LogP contribution in [-0.2, 0) is 4.79 Å². The van der Waals surface area contributed by atoms with E-state index in [4.69, 9.17) is 0 Å². The molecule has 0 bridgehead atoms. The molecular formula is C8H17N3O. The lowest BCUT2D eigenvalue weighted by Gasteiger charge is -2.30. The number of nitrogens with one attached hydrogen (secondary N) is 1. The molecule has 4 nitrogen and oxygen atoms in total. The zero-order valence-corrected chi connectivity index (χ0v) is 7.62. The predicted octanol–water partition coefficient (Wildman–Crippen LogP) is -1.02. The fraction of sp³-hybridized carbons (Fsp3) is 0.875. The second kappa shape index (κ2) is 5.24. The Labute approximate surface area is 73.5 Å². The first kappa shape index (κ1) is 9.64. The van der Waals surface area contributed by atoms with Crippen LogP contribution in [0.2, 0.25) is 0 Å². The number of nitrogens with zero attached hydrogens (tertiary/aromatic N) is 2. The number of carbonyl (C=O) groups excluding carboxylic acids is 1. The maximum Gasteiger partial charge on any atom is 0.134 e. The van der Waals surface area contributed by atoms with Crippen molar-refractivity contribution in [1.82, 2.24) is 15.1 Å². The summed E-state index contributed by atoms with van der Waals surface area (Å²) < 4.78 is 0. The number of likely N-dealkylation sites (N-methyl/N-ethyl adjacent to an activating group) is 1. The molecule has 4 heteroatoms. The van der Waals surface area contributed by atoms with Gasteiger partial charge in [0.25, 0.3) is 0 Å². The third-order valence-corrected chi connectivity index (χ3v) is 2.04. The Kier molecular flexibility index (Phi) is 4.21. The van der Waals surface area contributed by atoms with Gasteiger partial charge in [0.2, 0.25) is 0 Å². The number of aldehydes is 1. The molecule has 1 heterocycles. The Morgan fingerprint density at radius 1 is 1.50 bits per heavy atom. The van der Waals surface area contributed by atoms with Crippen molar-refractivity contribution >= 4 is 6.29 Å². The zero-order chi connectivity index (χ0) is 8.81. The van der Waals surface area contributed by atoms with Crippen LogP contribution in [0.1, 0.15) is 0 Å². The summed E-state index contributed by atoms with van der Waals surface area (Å²) >= 11 is 0. The minimum absolute atomic E-state index is 0.532. The third kappa shape index (κ3) is 3.30. The van der Waals surface area contributed by atoms with Gasteiger partial charge >= 0.3 is 0 Å². The van der Waals surface area contributed by atoms with E-state index in [2.05, 4.69) is 10.2 Å². The second-order valence-electron chi connectivity index (χ2n) is 3.21. The first-order chi connectivity index (χ1) is 5.83. The van der Waals surface area contributed by atoms with Crippen LogP contribution in [0.5, 0.6) is 0 Å². The number of piperazine rings is 1. The van der Waals surface area contributed by atoms with Gasteiger partial charge in [-0.25, -0.2) is 0 Å². The maximum atomic E-state index is 10.2. The summed E-state index contributed by atoms with van der Waals surface area (Å²) in [5, 5.41) is 3.29. The van der Waals surface area contributed by atoms with Crippen LogP contribution in [0.15, 0.2) is 0 Å². The summed E-state index contributed by atoms with van der Waals surface area (Å²) in [6.45, 7) is 5.74. The van der Waals surface area contributed by atoms with Crippen LogP contribution in [0.4, 0.5) is 0 Å². The Morgan fingerprint density at radius 2 is 2.17 bits per heavy atom. The highest BCUT2D eigenvalue weighted by Crippen LogP contribution is 1.93. The van der Waals surface area contributed by atoms with Crippen LogP contribution in [0, 0.1) is 0 Å². The molecule has 0 aromatic carbocycles. The summed E-state index contributed by atoms with van der Waals surface area (Å²) in [7, 11) is 1.97. The highest BCUT2D eigenvalue weighted by Gasteiger charge is 2.10. The van der Waals surface area contributed by atoms with E-state index in [1.165, 1.54) is 0 Å². The predicted molar refractivity (Wildman–Crippen MR) is 48.0 cm³/mol. The van der Waals surface area contributed by atoms with Gasteiger partial charge in [0.15, 0.2) is 0 Å². The molecule has 0 radical (unpaired) electrons. The van der Waals surface area contributed by atoms with E-state index in [1.807, 2.05) is 11.9 Å². The van der Waals surface area contributed by atoms with Crippen molar-refractivity contribution in [2.45, 2.75) is 0 Å². The molecule has 0 aliphatic carbocycles. The molecule has 1 aliphatic heterocycles. The molecule has 0 unspecified atom stereocenters. The molecule has 1 fully saturated rings. The molecule has 12 heavy (non-hydrogen) atoms. The summed E-state index contributed by atoms with van der Waals surface area (Å²) in [5.74, 6) is 0. The van der Waals surface area contributed by atoms with E-state index in [9.17, 15) is 4.79 Å². The average Bonchev–Trinajstić information content (AvgIpc) is 2.06. The van der Waals surface area contributed by atoms with E-state index in [0.717, 1.165) is 39.1 Å². The minimum atomic E-state index is 0.532. The normalized spacial score (nSPS) is 19.8. The molecule has 0 spiro atoms. The SMILES string of the molecule is CN(CC=O)CN1CCNCC1. The molecule has 1 aliphatic rings. The van der Waals surface area contributed by atoms with Crippen LogP contribution in [-0.4, -0.2) is 62.5 Å². The molecule has 1 N–H and O–H groups in total. The lowest BCUT2D eigenvalue weighted by Crippen LogP contribution is -2.47. The first-order valence-electron chi connectivity index (χ1n) is 4.38. The van der Waals surface area contributed by atoms with Gasteiger partial charge in [0.05, 0.1) is 13.2 Å². The number of rotatable bonds is 4. The smallest absolute Gasteiger partial charge is 0.134 e. The highest BCUT2D eigenvalue weighted by atomic mass is 16.1. The number of carbonyl (C=O) groups is 1. The van der Waals surface area contributed by atoms with Crippen molar-refractivity contribution in [1.29, 1.82) is 0 Å². The Bertz CT molecular complexity index is 134. The molecule has 0 aromatic heterocycles. The molecule has 0 saturated carbocycles. The molecule has 70 valence electrons. The summed E-state index contributed by atoms with van der Waals surface area (Å²) in [4.78, 5) is 14.6. The molecule has 1 saturated heterocycles. The fourth-order valence-electron chi connectivity index (χ4n) is 1.38. The Morgan fingerprint density at radius 3 is 2.75 bits per heavy atom. The molecule has 0 atom stereocenters. The topological polar surface area (TPSA) is 35.6 Å². The van der Waals surface area contributed by atoms with E-state index in [1.54, 1.807) is 0 Å². The fourth-order valence-corrected chi connectivity index (χ4v) is 1.38. The van der Waals surface area contributed by atoms with E-state index in [0.29, 0.717) is 6.54 Å². The van der Waals surface area contributed by atoms with Crippen molar-refractivity contribution in [3.63, 3.8) is 0 Å². The maximum absolute atomic E-state index is 10.2. The minimum Gasteiger partial charge on any atom is -0.314 e. The van der Waals surface area contributed by atoms with Gasteiger partial charge in [-0.05, 0) is 7.05 Å². The lowest BCUT2D eigenvalue weighted by molar-refractivity contribution is -0.109. The second-order valence-corrected chi connectivity index (χ2v) is 3.21. The van der Waals surface area contributed by atoms with Crippen LogP contribution in [0.25, 0.3) is 0 Å². The molecular weight excluding hydrogens is 154 g/mol. The van der Waals surface area contributed by atoms with Crippen LogP contribution < -0.4 is 5.32 Å². The molecule has 0 amide bonds. The zero-order valence-electron chi connectivity index (χ0n) is 7.62. The van der Waals surface area contributed by atoms with E-state index < -0.39 is 0 Å². The van der Waals surface area contributed by atoms with Gasteiger partial charge in [-0.2, -0.15) is 0 Å². The van der Waals surface area contributed by atoms with Crippen molar-refractivity contribution in [3.05, 3.63) is 0 Å². The van der Waals surface area contributed by atoms with Gasteiger partial charge in [0, 0.05) is 26.2 Å². The highest BCUT2D eigenvalue weighted by molar-refractivity contribution is 5.51. The van der Waals surface area contributed by atoms with Gasteiger partial charge in [-0.15, -0.1) is 0 Å². The largest absolute Gasteiger partial charge is 0.314 e. The van der Waals surface area contributed by atoms with E-state index in [-0.39, 0.29) is 0 Å². The monoisotopic (exact) mass is 171 g/mol. The van der Waals surface area contributed by atoms with Crippen LogP contribution >= 0.6 is 0 Å².